The molecule has 0 radical (unpaired) electrons. The Kier molecular flexibility index (Phi) is 4.27. The van der Waals surface area contributed by atoms with E-state index in [1.165, 1.54) is 47.6 Å². The van der Waals surface area contributed by atoms with Crippen molar-refractivity contribution in [2.24, 2.45) is 0 Å². The quantitative estimate of drug-likeness (QED) is 0.924. The molecular formula is C15H15F2N3O2S. The van der Waals surface area contributed by atoms with Crippen molar-refractivity contribution in [1.29, 1.82) is 0 Å². The van der Waals surface area contributed by atoms with Gasteiger partial charge in [0.1, 0.15) is 22.2 Å². The molecule has 1 fully saturated rings. The van der Waals surface area contributed by atoms with Gasteiger partial charge in [0.25, 0.3) is 0 Å². The van der Waals surface area contributed by atoms with Crippen molar-refractivity contribution in [2.45, 2.75) is 17.4 Å². The first-order chi connectivity index (χ1) is 11.0. The van der Waals surface area contributed by atoms with Crippen LogP contribution in [0.4, 0.5) is 14.5 Å². The molecule has 8 heteroatoms. The second-order valence-corrected chi connectivity index (χ2v) is 7.03. The Hall–Kier alpha value is -2.06. The SMILES string of the molecule is O=S(=O)(N[C@H]1CCN(c2c(F)cccc2F)C1)c1cccnc1. The molecule has 0 unspecified atom stereocenters. The Labute approximate surface area is 133 Å². The van der Waals surface area contributed by atoms with Gasteiger partial charge in [0.15, 0.2) is 0 Å². The van der Waals surface area contributed by atoms with Gasteiger partial charge < -0.3 is 4.90 Å². The molecule has 0 spiro atoms. The van der Waals surface area contributed by atoms with E-state index in [0.29, 0.717) is 13.0 Å². The smallest absolute Gasteiger partial charge is 0.242 e. The van der Waals surface area contributed by atoms with Gasteiger partial charge in [0.05, 0.1) is 0 Å². The van der Waals surface area contributed by atoms with Gasteiger partial charge in [0, 0.05) is 31.5 Å². The highest BCUT2D eigenvalue weighted by Gasteiger charge is 2.30. The summed E-state index contributed by atoms with van der Waals surface area (Å²) in [7, 11) is -3.70. The zero-order valence-corrected chi connectivity index (χ0v) is 12.9. The molecule has 1 aromatic carbocycles. The Morgan fingerprint density at radius 2 is 1.91 bits per heavy atom. The normalized spacial score (nSPS) is 18.3. The molecule has 2 aromatic rings. The van der Waals surface area contributed by atoms with Crippen molar-refractivity contribution < 1.29 is 17.2 Å². The summed E-state index contributed by atoms with van der Waals surface area (Å²) in [6.07, 6.45) is 3.20. The van der Waals surface area contributed by atoms with Crippen molar-refractivity contribution in [3.63, 3.8) is 0 Å². The standard InChI is InChI=1S/C15H15F2N3O2S/c16-13-4-1-5-14(17)15(13)20-8-6-11(10-20)19-23(21,22)12-3-2-7-18-9-12/h1-5,7,9,11,19H,6,8,10H2/t11-/m0/s1. The highest BCUT2D eigenvalue weighted by atomic mass is 32.2. The number of nitrogens with zero attached hydrogens (tertiary/aromatic N) is 2. The summed E-state index contributed by atoms with van der Waals surface area (Å²) in [6.45, 7) is 0.579. The summed E-state index contributed by atoms with van der Waals surface area (Å²) in [6, 6.07) is 6.23. The van der Waals surface area contributed by atoms with Crippen LogP contribution in [0.3, 0.4) is 0 Å². The van der Waals surface area contributed by atoms with E-state index in [2.05, 4.69) is 9.71 Å². The van der Waals surface area contributed by atoms with Gasteiger partial charge in [-0.2, -0.15) is 0 Å². The third kappa shape index (κ3) is 3.32. The van der Waals surface area contributed by atoms with Crippen LogP contribution in [-0.2, 0) is 10.0 Å². The monoisotopic (exact) mass is 339 g/mol. The number of pyridine rings is 1. The maximum absolute atomic E-state index is 13.8. The van der Waals surface area contributed by atoms with Crippen LogP contribution < -0.4 is 9.62 Å². The molecule has 3 rings (SSSR count). The minimum atomic E-state index is -3.70. The first-order valence-corrected chi connectivity index (χ1v) is 8.57. The molecule has 1 aliphatic rings. The Balaban J connectivity index is 1.74. The lowest BCUT2D eigenvalue weighted by Crippen LogP contribution is -2.37. The first-order valence-electron chi connectivity index (χ1n) is 7.09. The largest absolute Gasteiger partial charge is 0.365 e. The van der Waals surface area contributed by atoms with Crippen LogP contribution in [-0.4, -0.2) is 32.5 Å². The molecule has 0 bridgehead atoms. The number of anilines is 1. The molecule has 23 heavy (non-hydrogen) atoms. The second-order valence-electron chi connectivity index (χ2n) is 5.31. The molecule has 1 aromatic heterocycles. The van der Waals surface area contributed by atoms with Crippen LogP contribution >= 0.6 is 0 Å². The fourth-order valence-corrected chi connectivity index (χ4v) is 3.87. The van der Waals surface area contributed by atoms with E-state index in [1.807, 2.05) is 0 Å². The van der Waals surface area contributed by atoms with Crippen LogP contribution in [0.15, 0.2) is 47.6 Å². The number of benzene rings is 1. The third-order valence-corrected chi connectivity index (χ3v) is 5.21. The molecule has 1 atom stereocenters. The molecule has 1 N–H and O–H groups in total. The number of para-hydroxylation sites is 1. The molecule has 5 nitrogen and oxygen atoms in total. The number of aromatic nitrogens is 1. The van der Waals surface area contributed by atoms with E-state index in [-0.39, 0.29) is 17.1 Å². The minimum Gasteiger partial charge on any atom is -0.365 e. The van der Waals surface area contributed by atoms with Gasteiger partial charge >= 0.3 is 0 Å². The number of rotatable bonds is 4. The molecule has 2 heterocycles. The molecule has 0 aliphatic carbocycles. The second kappa shape index (κ2) is 6.21. The van der Waals surface area contributed by atoms with E-state index in [0.717, 1.165) is 0 Å². The zero-order chi connectivity index (χ0) is 16.4. The van der Waals surface area contributed by atoms with Gasteiger partial charge in [-0.1, -0.05) is 6.07 Å². The van der Waals surface area contributed by atoms with Crippen molar-refractivity contribution >= 4 is 15.7 Å². The van der Waals surface area contributed by atoms with E-state index in [1.54, 1.807) is 0 Å². The van der Waals surface area contributed by atoms with Crippen molar-refractivity contribution in [1.82, 2.24) is 9.71 Å². The lowest BCUT2D eigenvalue weighted by molar-refractivity contribution is 0.559. The highest BCUT2D eigenvalue weighted by molar-refractivity contribution is 7.89. The third-order valence-electron chi connectivity index (χ3n) is 3.71. The maximum Gasteiger partial charge on any atom is 0.242 e. The van der Waals surface area contributed by atoms with E-state index >= 15 is 0 Å². The van der Waals surface area contributed by atoms with Crippen LogP contribution in [0.1, 0.15) is 6.42 Å². The first kappa shape index (κ1) is 15.8. The lowest BCUT2D eigenvalue weighted by atomic mass is 10.2. The molecule has 1 aliphatic heterocycles. The van der Waals surface area contributed by atoms with Crippen molar-refractivity contribution in [3.8, 4) is 0 Å². The van der Waals surface area contributed by atoms with E-state index < -0.39 is 27.7 Å². The summed E-state index contributed by atoms with van der Waals surface area (Å²) in [5, 5.41) is 0. The summed E-state index contributed by atoms with van der Waals surface area (Å²) < 4.78 is 54.7. The van der Waals surface area contributed by atoms with Gasteiger partial charge in [0.2, 0.25) is 10.0 Å². The van der Waals surface area contributed by atoms with Crippen LogP contribution in [0.5, 0.6) is 0 Å². The average Bonchev–Trinajstić information content (AvgIpc) is 2.95. The molecule has 0 amide bonds. The van der Waals surface area contributed by atoms with Gasteiger partial charge in [-0.25, -0.2) is 21.9 Å². The van der Waals surface area contributed by atoms with E-state index in [9.17, 15) is 17.2 Å². The van der Waals surface area contributed by atoms with Crippen LogP contribution in [0.25, 0.3) is 0 Å². The maximum atomic E-state index is 13.8. The van der Waals surface area contributed by atoms with Crippen molar-refractivity contribution in [2.75, 3.05) is 18.0 Å². The Morgan fingerprint density at radius 3 is 2.57 bits per heavy atom. The van der Waals surface area contributed by atoms with Crippen LogP contribution in [0, 0.1) is 11.6 Å². The number of hydrogen-bond acceptors (Lipinski definition) is 4. The zero-order valence-electron chi connectivity index (χ0n) is 12.1. The summed E-state index contributed by atoms with van der Waals surface area (Å²) in [4.78, 5) is 5.36. The number of hydrogen-bond donors (Lipinski definition) is 1. The number of sulfonamides is 1. The predicted molar refractivity (Wildman–Crippen MR) is 81.5 cm³/mol. The molecular weight excluding hydrogens is 324 g/mol. The topological polar surface area (TPSA) is 62.3 Å². The fourth-order valence-electron chi connectivity index (χ4n) is 2.64. The summed E-state index contributed by atoms with van der Waals surface area (Å²) >= 11 is 0. The Morgan fingerprint density at radius 1 is 1.17 bits per heavy atom. The van der Waals surface area contributed by atoms with Gasteiger partial charge in [-0.15, -0.1) is 0 Å². The highest BCUT2D eigenvalue weighted by Crippen LogP contribution is 2.27. The fraction of sp³-hybridized carbons (Fsp3) is 0.267. The van der Waals surface area contributed by atoms with Gasteiger partial charge in [-0.05, 0) is 30.7 Å². The van der Waals surface area contributed by atoms with Crippen LogP contribution in [0.2, 0.25) is 0 Å². The number of halogens is 2. The van der Waals surface area contributed by atoms with Crippen molar-refractivity contribution in [3.05, 3.63) is 54.4 Å². The average molecular weight is 339 g/mol. The molecule has 0 saturated carbocycles. The van der Waals surface area contributed by atoms with E-state index in [4.69, 9.17) is 0 Å². The molecule has 122 valence electrons. The Bertz CT molecular complexity index is 779. The lowest BCUT2D eigenvalue weighted by Gasteiger charge is -2.20. The van der Waals surface area contributed by atoms with Gasteiger partial charge in [-0.3, -0.25) is 4.98 Å². The minimum absolute atomic E-state index is 0.0653. The number of nitrogens with one attached hydrogen (secondary N) is 1. The predicted octanol–water partition coefficient (Wildman–Crippen LogP) is 1.92. The molecule has 1 saturated heterocycles. The summed E-state index contributed by atoms with van der Waals surface area (Å²) in [5.41, 5.74) is -0.115. The summed E-state index contributed by atoms with van der Waals surface area (Å²) in [5.74, 6) is -1.30.